The Balaban J connectivity index is 1.43. The third kappa shape index (κ3) is 3.42. The molecular weight excluding hydrogens is 312 g/mol. The molecule has 2 aliphatic heterocycles. The highest BCUT2D eigenvalue weighted by Gasteiger charge is 2.48. The number of hydrogen-bond donors (Lipinski definition) is 0. The van der Waals surface area contributed by atoms with Gasteiger partial charge in [0.2, 0.25) is 5.91 Å². The first-order valence-corrected chi connectivity index (χ1v) is 9.05. The zero-order chi connectivity index (χ0) is 17.1. The highest BCUT2D eigenvalue weighted by Crippen LogP contribution is 2.40. The summed E-state index contributed by atoms with van der Waals surface area (Å²) in [5.41, 5.74) is 2.14. The maximum absolute atomic E-state index is 13.2. The lowest BCUT2D eigenvalue weighted by Crippen LogP contribution is -2.47. The van der Waals surface area contributed by atoms with Crippen molar-refractivity contribution in [2.24, 2.45) is 5.41 Å². The van der Waals surface area contributed by atoms with Gasteiger partial charge in [0.15, 0.2) is 0 Å². The van der Waals surface area contributed by atoms with Crippen LogP contribution in [0.5, 0.6) is 0 Å². The Morgan fingerprint density at radius 1 is 0.960 bits per heavy atom. The molecule has 0 aliphatic carbocycles. The molecule has 2 aromatic heterocycles. The van der Waals surface area contributed by atoms with E-state index >= 15 is 0 Å². The fraction of sp³-hybridized carbons (Fsp3) is 0.450. The lowest BCUT2D eigenvalue weighted by molar-refractivity contribution is -0.139. The average molecular weight is 336 g/mol. The summed E-state index contributed by atoms with van der Waals surface area (Å²) in [4.78, 5) is 26.0. The third-order valence-corrected chi connectivity index (χ3v) is 5.48. The van der Waals surface area contributed by atoms with Crippen LogP contribution in [-0.4, -0.2) is 45.3 Å². The number of aromatic nitrogens is 2. The number of piperidine rings is 1. The first kappa shape index (κ1) is 16.2. The molecule has 5 nitrogen and oxygen atoms in total. The van der Waals surface area contributed by atoms with Crippen LogP contribution in [0.3, 0.4) is 0 Å². The molecule has 0 saturated carbocycles. The summed E-state index contributed by atoms with van der Waals surface area (Å²) in [5.74, 6) is 0.326. The summed E-state index contributed by atoms with van der Waals surface area (Å²) >= 11 is 0. The Hall–Kier alpha value is -2.27. The number of carbonyl (C=O) groups is 1. The van der Waals surface area contributed by atoms with Gasteiger partial charge < -0.3 is 4.90 Å². The molecule has 25 heavy (non-hydrogen) atoms. The van der Waals surface area contributed by atoms with E-state index in [1.807, 2.05) is 35.5 Å². The number of rotatable bonds is 4. The molecule has 1 spiro atoms. The van der Waals surface area contributed by atoms with Gasteiger partial charge in [-0.1, -0.05) is 12.1 Å². The van der Waals surface area contributed by atoms with E-state index < -0.39 is 0 Å². The van der Waals surface area contributed by atoms with Crippen molar-refractivity contribution < 1.29 is 4.79 Å². The fourth-order valence-electron chi connectivity index (χ4n) is 4.25. The second kappa shape index (κ2) is 6.92. The maximum atomic E-state index is 13.2. The Kier molecular flexibility index (Phi) is 4.49. The summed E-state index contributed by atoms with van der Waals surface area (Å²) in [6.45, 7) is 4.34. The molecule has 2 aromatic rings. The van der Waals surface area contributed by atoms with Crippen molar-refractivity contribution in [3.8, 4) is 0 Å². The largest absolute Gasteiger partial charge is 0.338 e. The zero-order valence-corrected chi connectivity index (χ0v) is 14.5. The molecule has 4 rings (SSSR count). The minimum Gasteiger partial charge on any atom is -0.338 e. The van der Waals surface area contributed by atoms with Crippen LogP contribution < -0.4 is 0 Å². The van der Waals surface area contributed by atoms with Crippen molar-refractivity contribution in [2.45, 2.75) is 32.4 Å². The quantitative estimate of drug-likeness (QED) is 0.861. The van der Waals surface area contributed by atoms with Gasteiger partial charge in [0.25, 0.3) is 0 Å². The van der Waals surface area contributed by atoms with Gasteiger partial charge >= 0.3 is 0 Å². The normalized spacial score (nSPS) is 24.2. The SMILES string of the molecule is O=C1N(Cc2cccnc2)CC[C@@]12CCCN(Cc1cccnc1)C2. The van der Waals surface area contributed by atoms with Crippen molar-refractivity contribution >= 4 is 5.91 Å². The van der Waals surface area contributed by atoms with E-state index in [0.29, 0.717) is 12.5 Å². The number of likely N-dealkylation sites (tertiary alicyclic amines) is 2. The van der Waals surface area contributed by atoms with Crippen molar-refractivity contribution in [3.05, 3.63) is 60.2 Å². The van der Waals surface area contributed by atoms with E-state index in [2.05, 4.69) is 20.9 Å². The van der Waals surface area contributed by atoms with Crippen LogP contribution in [-0.2, 0) is 17.9 Å². The third-order valence-electron chi connectivity index (χ3n) is 5.48. The van der Waals surface area contributed by atoms with Crippen molar-refractivity contribution in [1.82, 2.24) is 19.8 Å². The van der Waals surface area contributed by atoms with E-state index in [9.17, 15) is 4.79 Å². The molecule has 0 aromatic carbocycles. The molecular formula is C20H24N4O. The van der Waals surface area contributed by atoms with E-state index in [1.54, 1.807) is 12.4 Å². The number of pyridine rings is 2. The van der Waals surface area contributed by atoms with Crippen LogP contribution >= 0.6 is 0 Å². The van der Waals surface area contributed by atoms with E-state index in [-0.39, 0.29) is 5.41 Å². The van der Waals surface area contributed by atoms with Crippen LogP contribution in [0.25, 0.3) is 0 Å². The molecule has 0 N–H and O–H groups in total. The van der Waals surface area contributed by atoms with Crippen LogP contribution in [0.2, 0.25) is 0 Å². The van der Waals surface area contributed by atoms with Gasteiger partial charge in [-0.15, -0.1) is 0 Å². The smallest absolute Gasteiger partial charge is 0.230 e. The van der Waals surface area contributed by atoms with Crippen molar-refractivity contribution in [3.63, 3.8) is 0 Å². The van der Waals surface area contributed by atoms with Crippen LogP contribution in [0.15, 0.2) is 49.1 Å². The summed E-state index contributed by atoms with van der Waals surface area (Å²) in [5, 5.41) is 0. The number of amides is 1. The highest BCUT2D eigenvalue weighted by atomic mass is 16.2. The molecule has 2 saturated heterocycles. The second-order valence-electron chi connectivity index (χ2n) is 7.29. The Morgan fingerprint density at radius 2 is 1.68 bits per heavy atom. The predicted octanol–water partition coefficient (Wildman–Crippen LogP) is 2.49. The van der Waals surface area contributed by atoms with Gasteiger partial charge in [0.1, 0.15) is 0 Å². The van der Waals surface area contributed by atoms with Gasteiger partial charge in [-0.05, 0) is 49.1 Å². The molecule has 130 valence electrons. The first-order chi connectivity index (χ1) is 12.3. The molecule has 2 fully saturated rings. The van der Waals surface area contributed by atoms with Gasteiger partial charge in [-0.25, -0.2) is 0 Å². The summed E-state index contributed by atoms with van der Waals surface area (Å²) in [6, 6.07) is 8.06. The molecule has 0 radical (unpaired) electrons. The lowest BCUT2D eigenvalue weighted by Gasteiger charge is -2.39. The van der Waals surface area contributed by atoms with Crippen molar-refractivity contribution in [1.29, 1.82) is 0 Å². The van der Waals surface area contributed by atoms with Gasteiger partial charge in [-0.3, -0.25) is 19.7 Å². The van der Waals surface area contributed by atoms with Gasteiger partial charge in [0.05, 0.1) is 5.41 Å². The minimum absolute atomic E-state index is 0.192. The Labute approximate surface area is 148 Å². The molecule has 5 heteroatoms. The van der Waals surface area contributed by atoms with Crippen molar-refractivity contribution in [2.75, 3.05) is 19.6 Å². The predicted molar refractivity (Wildman–Crippen MR) is 95.5 cm³/mol. The second-order valence-corrected chi connectivity index (χ2v) is 7.29. The average Bonchev–Trinajstić information content (AvgIpc) is 2.93. The summed E-state index contributed by atoms with van der Waals surface area (Å²) in [7, 11) is 0. The number of nitrogens with zero attached hydrogens (tertiary/aromatic N) is 4. The molecule has 1 atom stereocenters. The molecule has 2 aliphatic rings. The van der Waals surface area contributed by atoms with E-state index in [0.717, 1.165) is 51.0 Å². The Bertz CT molecular complexity index is 721. The monoisotopic (exact) mass is 336 g/mol. The van der Waals surface area contributed by atoms with Crippen LogP contribution in [0, 0.1) is 5.41 Å². The number of carbonyl (C=O) groups excluding carboxylic acids is 1. The topological polar surface area (TPSA) is 49.3 Å². The molecule has 0 unspecified atom stereocenters. The van der Waals surface area contributed by atoms with Gasteiger partial charge in [-0.2, -0.15) is 0 Å². The molecule has 1 amide bonds. The van der Waals surface area contributed by atoms with E-state index in [1.165, 1.54) is 5.56 Å². The number of hydrogen-bond acceptors (Lipinski definition) is 4. The maximum Gasteiger partial charge on any atom is 0.230 e. The van der Waals surface area contributed by atoms with Crippen LogP contribution in [0.1, 0.15) is 30.4 Å². The minimum atomic E-state index is -0.192. The van der Waals surface area contributed by atoms with Crippen LogP contribution in [0.4, 0.5) is 0 Å². The summed E-state index contributed by atoms with van der Waals surface area (Å²) < 4.78 is 0. The Morgan fingerprint density at radius 3 is 2.36 bits per heavy atom. The highest BCUT2D eigenvalue weighted by molar-refractivity contribution is 5.85. The first-order valence-electron chi connectivity index (χ1n) is 9.05. The van der Waals surface area contributed by atoms with E-state index in [4.69, 9.17) is 0 Å². The molecule has 4 heterocycles. The standard InChI is InChI=1S/C20H24N4O/c25-19-20(7-11-24(19)15-18-5-2-9-22-13-18)6-3-10-23(16-20)14-17-4-1-8-21-12-17/h1-2,4-5,8-9,12-13H,3,6-7,10-11,14-16H2/t20-/m1/s1. The lowest BCUT2D eigenvalue weighted by atomic mass is 9.78. The van der Waals surface area contributed by atoms with Gasteiger partial charge in [0, 0.05) is 51.0 Å². The molecule has 0 bridgehead atoms. The zero-order valence-electron chi connectivity index (χ0n) is 14.5. The summed E-state index contributed by atoms with van der Waals surface area (Å²) in [6.07, 6.45) is 10.4. The fourth-order valence-corrected chi connectivity index (χ4v) is 4.25.